The highest BCUT2D eigenvalue weighted by atomic mass is 14.9. The minimum absolute atomic E-state index is 0.0813. The summed E-state index contributed by atoms with van der Waals surface area (Å²) in [5.74, 6) is 0. The van der Waals surface area contributed by atoms with Crippen molar-refractivity contribution in [3.05, 3.63) is 47.3 Å². The van der Waals surface area contributed by atoms with Crippen molar-refractivity contribution in [1.29, 1.82) is 10.5 Å². The Kier molecular flexibility index (Phi) is 2.14. The van der Waals surface area contributed by atoms with Gasteiger partial charge in [-0.05, 0) is 23.9 Å². The molecule has 2 aromatic carbocycles. The highest BCUT2D eigenvalue weighted by Crippen LogP contribution is 2.45. The number of aromatic nitrogens is 2. The first-order chi connectivity index (χ1) is 10.2. The van der Waals surface area contributed by atoms with Crippen molar-refractivity contribution in [2.24, 2.45) is 0 Å². The van der Waals surface area contributed by atoms with Gasteiger partial charge in [-0.2, -0.15) is 10.5 Å². The average Bonchev–Trinajstić information content (AvgIpc) is 2.81. The molecule has 1 aromatic heterocycles. The predicted octanol–water partition coefficient (Wildman–Crippen LogP) is 3.33. The summed E-state index contributed by atoms with van der Waals surface area (Å²) in [7, 11) is 0. The summed E-state index contributed by atoms with van der Waals surface area (Å²) < 4.78 is 0. The van der Waals surface area contributed by atoms with E-state index in [1.165, 1.54) is 0 Å². The molecule has 0 unspecified atom stereocenters. The summed E-state index contributed by atoms with van der Waals surface area (Å²) in [4.78, 5) is 8.74. The van der Waals surface area contributed by atoms with E-state index in [0.29, 0.717) is 11.4 Å². The Morgan fingerprint density at radius 2 is 1.57 bits per heavy atom. The van der Waals surface area contributed by atoms with Crippen molar-refractivity contribution in [3.63, 3.8) is 0 Å². The van der Waals surface area contributed by atoms with E-state index in [4.69, 9.17) is 10.5 Å². The lowest BCUT2D eigenvalue weighted by Crippen LogP contribution is -1.97. The van der Waals surface area contributed by atoms with Crippen LogP contribution in [0.1, 0.15) is 17.0 Å². The first-order valence-electron chi connectivity index (χ1n) is 6.49. The molecule has 4 rings (SSSR count). The lowest BCUT2D eigenvalue weighted by molar-refractivity contribution is 1.15. The van der Waals surface area contributed by atoms with E-state index >= 15 is 0 Å². The Balaban J connectivity index is 2.21. The van der Waals surface area contributed by atoms with E-state index in [1.807, 2.05) is 31.2 Å². The van der Waals surface area contributed by atoms with Gasteiger partial charge < -0.3 is 0 Å². The molecule has 4 heteroatoms. The van der Waals surface area contributed by atoms with Crippen LogP contribution in [0.3, 0.4) is 0 Å². The smallest absolute Gasteiger partial charge is 0.177 e. The van der Waals surface area contributed by atoms with Gasteiger partial charge in [0.1, 0.15) is 12.1 Å². The number of rotatable bonds is 0. The Labute approximate surface area is 120 Å². The van der Waals surface area contributed by atoms with Gasteiger partial charge in [-0.3, -0.25) is 0 Å². The summed E-state index contributed by atoms with van der Waals surface area (Å²) in [5, 5.41) is 20.5. The highest BCUT2D eigenvalue weighted by Gasteiger charge is 2.26. The zero-order valence-electron chi connectivity index (χ0n) is 11.2. The minimum Gasteiger partial charge on any atom is -0.232 e. The molecule has 1 heterocycles. The minimum atomic E-state index is 0.0813. The molecule has 0 saturated carbocycles. The van der Waals surface area contributed by atoms with Crippen LogP contribution in [0.15, 0.2) is 30.3 Å². The van der Waals surface area contributed by atoms with Crippen molar-refractivity contribution in [1.82, 2.24) is 9.97 Å². The number of fused-ring (bicyclic) bond motifs is 3. The number of hydrogen-bond acceptors (Lipinski definition) is 4. The van der Waals surface area contributed by atoms with Crippen molar-refractivity contribution in [2.75, 3.05) is 0 Å². The van der Waals surface area contributed by atoms with Crippen molar-refractivity contribution in [3.8, 4) is 34.7 Å². The molecular formula is C17H8N4. The molecule has 4 nitrogen and oxygen atoms in total. The predicted molar refractivity (Wildman–Crippen MR) is 78.1 cm³/mol. The summed E-state index contributed by atoms with van der Waals surface area (Å²) in [6.45, 7) is 2.03. The van der Waals surface area contributed by atoms with Crippen LogP contribution in [0, 0.1) is 29.6 Å². The topological polar surface area (TPSA) is 73.4 Å². The maximum atomic E-state index is 9.14. The molecular weight excluding hydrogens is 260 g/mol. The molecule has 0 radical (unpaired) electrons. The van der Waals surface area contributed by atoms with Gasteiger partial charge in [0, 0.05) is 16.5 Å². The van der Waals surface area contributed by atoms with Gasteiger partial charge in [-0.15, -0.1) is 0 Å². The molecule has 0 amide bonds. The van der Waals surface area contributed by atoms with Crippen LogP contribution in [-0.4, -0.2) is 9.97 Å². The second kappa shape index (κ2) is 3.88. The van der Waals surface area contributed by atoms with Crippen LogP contribution in [0.4, 0.5) is 0 Å². The fourth-order valence-electron chi connectivity index (χ4n) is 2.93. The number of aryl methyl sites for hydroxylation is 1. The Morgan fingerprint density at radius 3 is 2.24 bits per heavy atom. The average molecular weight is 268 g/mol. The van der Waals surface area contributed by atoms with E-state index in [1.54, 1.807) is 0 Å². The highest BCUT2D eigenvalue weighted by molar-refractivity contribution is 6.13. The third-order valence-electron chi connectivity index (χ3n) is 3.74. The van der Waals surface area contributed by atoms with Crippen LogP contribution in [-0.2, 0) is 0 Å². The van der Waals surface area contributed by atoms with Crippen molar-refractivity contribution in [2.45, 2.75) is 6.92 Å². The number of benzene rings is 2. The number of nitriles is 2. The summed E-state index contributed by atoms with van der Waals surface area (Å²) in [5.41, 5.74) is 4.65. The van der Waals surface area contributed by atoms with Gasteiger partial charge >= 0.3 is 0 Å². The molecule has 96 valence electrons. The van der Waals surface area contributed by atoms with Crippen LogP contribution in [0.5, 0.6) is 0 Å². The maximum absolute atomic E-state index is 9.14. The van der Waals surface area contributed by atoms with Crippen LogP contribution in [0.25, 0.3) is 33.3 Å². The third-order valence-corrected chi connectivity index (χ3v) is 3.74. The lowest BCUT2D eigenvalue weighted by atomic mass is 10.0. The summed E-state index contributed by atoms with van der Waals surface area (Å²) in [6, 6.07) is 14.1. The van der Waals surface area contributed by atoms with E-state index in [-0.39, 0.29) is 11.4 Å². The molecule has 0 saturated heterocycles. The maximum Gasteiger partial charge on any atom is 0.177 e. The van der Waals surface area contributed by atoms with Gasteiger partial charge in [0.2, 0.25) is 0 Å². The standard InChI is InChI=1S/C17H8N4/c1-9-5-10-3-2-4-11-15(10)12(6-9)17-16(11)20-13(7-18)14(8-19)21-17/h2-6H,1H3. The molecule has 0 atom stereocenters. The van der Waals surface area contributed by atoms with E-state index in [0.717, 1.165) is 27.5 Å². The molecule has 0 N–H and O–H groups in total. The first-order valence-corrected chi connectivity index (χ1v) is 6.49. The quantitative estimate of drug-likeness (QED) is 0.490. The fourth-order valence-corrected chi connectivity index (χ4v) is 2.93. The van der Waals surface area contributed by atoms with Crippen LogP contribution < -0.4 is 0 Å². The molecule has 1 aliphatic carbocycles. The molecule has 3 aromatic rings. The summed E-state index contributed by atoms with van der Waals surface area (Å²) >= 11 is 0. The number of nitrogens with zero attached hydrogens (tertiary/aromatic N) is 4. The second-order valence-corrected chi connectivity index (χ2v) is 5.06. The van der Waals surface area contributed by atoms with Crippen molar-refractivity contribution >= 4 is 10.8 Å². The fraction of sp³-hybridized carbons (Fsp3) is 0.0588. The van der Waals surface area contributed by atoms with Crippen LogP contribution >= 0.6 is 0 Å². The molecule has 0 aliphatic heterocycles. The van der Waals surface area contributed by atoms with Gasteiger partial charge in [0.25, 0.3) is 0 Å². The molecule has 1 aliphatic rings. The van der Waals surface area contributed by atoms with Gasteiger partial charge in [-0.1, -0.05) is 24.3 Å². The number of hydrogen-bond donors (Lipinski definition) is 0. The monoisotopic (exact) mass is 268 g/mol. The Hall–Kier alpha value is -3.24. The third kappa shape index (κ3) is 1.42. The molecule has 0 fully saturated rings. The zero-order chi connectivity index (χ0) is 14.6. The van der Waals surface area contributed by atoms with E-state index in [9.17, 15) is 0 Å². The SMILES string of the molecule is Cc1cc2c3c(cccc3c1)-c1nc(C#N)c(C#N)nc1-2. The molecule has 0 spiro atoms. The van der Waals surface area contributed by atoms with Gasteiger partial charge in [0.05, 0.1) is 11.4 Å². The summed E-state index contributed by atoms with van der Waals surface area (Å²) in [6.07, 6.45) is 0. The van der Waals surface area contributed by atoms with Crippen LogP contribution in [0.2, 0.25) is 0 Å². The Morgan fingerprint density at radius 1 is 0.905 bits per heavy atom. The Bertz CT molecular complexity index is 1020. The van der Waals surface area contributed by atoms with Gasteiger partial charge in [0.15, 0.2) is 11.4 Å². The second-order valence-electron chi connectivity index (χ2n) is 5.06. The molecule has 0 bridgehead atoms. The zero-order valence-corrected chi connectivity index (χ0v) is 11.2. The normalized spacial score (nSPS) is 11.0. The van der Waals surface area contributed by atoms with E-state index < -0.39 is 0 Å². The van der Waals surface area contributed by atoms with Crippen molar-refractivity contribution < 1.29 is 0 Å². The largest absolute Gasteiger partial charge is 0.232 e. The van der Waals surface area contributed by atoms with Gasteiger partial charge in [-0.25, -0.2) is 9.97 Å². The first kappa shape index (κ1) is 11.6. The van der Waals surface area contributed by atoms with E-state index in [2.05, 4.69) is 28.2 Å². The lowest BCUT2D eigenvalue weighted by Gasteiger charge is -2.03. The molecule has 21 heavy (non-hydrogen) atoms.